The fourth-order valence-electron chi connectivity index (χ4n) is 9.76. The van der Waals surface area contributed by atoms with Crippen molar-refractivity contribution in [1.82, 2.24) is 20.0 Å². The number of likely N-dealkylation sites (tertiary alicyclic amines) is 3. The molecule has 9 rings (SSSR count). The van der Waals surface area contributed by atoms with Crippen LogP contribution in [0.3, 0.4) is 0 Å². The number of hydrogen-bond acceptors (Lipinski definition) is 14. The molecule has 0 aromatic heterocycles. The number of halogens is 1. The third-order valence-corrected chi connectivity index (χ3v) is 13.5. The number of carboxylic acids is 1. The van der Waals surface area contributed by atoms with Gasteiger partial charge in [-0.25, -0.2) is 28.8 Å². The maximum absolute atomic E-state index is 12.3. The Labute approximate surface area is 444 Å². The SMILES string of the molecule is CC(C)(C)OC(=O)N1CC2CC1CN2.CC(C)(C)OC(=O)N1CC2CC1CN2c1ccc(C(=O)O)cc1.CCOC(=O)c1ccc(Br)cc1.CCOC(=O)c1ccc(N2CC3CC2CN3C(=O)OC(C)(C)C)cc1. The van der Waals surface area contributed by atoms with Crippen molar-refractivity contribution in [2.45, 2.75) is 148 Å². The number of nitrogens with zero attached hydrogens (tertiary/aromatic N) is 5. The molecule has 6 heterocycles. The maximum Gasteiger partial charge on any atom is 0.410 e. The minimum Gasteiger partial charge on any atom is -0.478 e. The molecule has 2 N–H and O–H groups in total. The van der Waals surface area contributed by atoms with Gasteiger partial charge in [0.1, 0.15) is 16.8 Å². The first-order chi connectivity index (χ1) is 34.7. The average Bonchev–Trinajstić information content (AvgIpc) is 4.21. The van der Waals surface area contributed by atoms with Crippen molar-refractivity contribution in [1.29, 1.82) is 0 Å². The van der Waals surface area contributed by atoms with Crippen LogP contribution in [0, 0.1) is 0 Å². The van der Waals surface area contributed by atoms with E-state index in [1.807, 2.05) is 113 Å². The Kier molecular flexibility index (Phi) is 18.6. The number of amides is 3. The van der Waals surface area contributed by atoms with Crippen LogP contribution in [0.25, 0.3) is 0 Å². The van der Waals surface area contributed by atoms with Gasteiger partial charge in [0.05, 0.1) is 42.0 Å². The number of piperazine rings is 3. The summed E-state index contributed by atoms with van der Waals surface area (Å²) < 4.78 is 27.1. The number of nitrogens with one attached hydrogen (secondary N) is 1. The molecule has 3 aromatic carbocycles. The molecule has 6 aliphatic rings. The summed E-state index contributed by atoms with van der Waals surface area (Å²) in [4.78, 5) is 80.1. The molecule has 3 aromatic rings. The molecule has 18 nitrogen and oxygen atoms in total. The number of aromatic carboxylic acids is 1. The van der Waals surface area contributed by atoms with E-state index in [2.05, 4.69) is 31.0 Å². The highest BCUT2D eigenvalue weighted by Crippen LogP contribution is 2.37. The smallest absolute Gasteiger partial charge is 0.410 e. The average molecular weight is 1090 g/mol. The van der Waals surface area contributed by atoms with E-state index in [9.17, 15) is 28.8 Å². The van der Waals surface area contributed by atoms with Gasteiger partial charge in [-0.05, 0) is 168 Å². The van der Waals surface area contributed by atoms with Gasteiger partial charge < -0.3 is 58.6 Å². The molecule has 6 fully saturated rings. The van der Waals surface area contributed by atoms with Crippen LogP contribution in [0.1, 0.15) is 126 Å². The second-order valence-corrected chi connectivity index (χ2v) is 23.0. The highest BCUT2D eigenvalue weighted by molar-refractivity contribution is 9.10. The third kappa shape index (κ3) is 15.5. The molecule has 6 bridgehead atoms. The molecule has 0 radical (unpaired) electrons. The summed E-state index contributed by atoms with van der Waals surface area (Å²) in [7, 11) is 0. The number of carbonyl (C=O) groups excluding carboxylic acids is 5. The summed E-state index contributed by atoms with van der Waals surface area (Å²) in [6.45, 7) is 25.9. The monoisotopic (exact) mass is 1090 g/mol. The lowest BCUT2D eigenvalue weighted by Crippen LogP contribution is -2.50. The number of fused-ring (bicyclic) bond motifs is 6. The molecule has 6 unspecified atom stereocenters. The number of rotatable bonds is 7. The largest absolute Gasteiger partial charge is 0.478 e. The van der Waals surface area contributed by atoms with Gasteiger partial charge >= 0.3 is 36.2 Å². The summed E-state index contributed by atoms with van der Waals surface area (Å²) in [6.07, 6.45) is 2.34. The first kappa shape index (κ1) is 57.2. The van der Waals surface area contributed by atoms with Crippen molar-refractivity contribution in [3.8, 4) is 0 Å². The normalized spacial score (nSPS) is 22.1. The molecular formula is C55H75BrN6O12. The molecular weight excluding hydrogens is 1020 g/mol. The van der Waals surface area contributed by atoms with Gasteiger partial charge in [-0.1, -0.05) is 15.9 Å². The van der Waals surface area contributed by atoms with E-state index in [1.165, 1.54) is 0 Å². The maximum atomic E-state index is 12.3. The van der Waals surface area contributed by atoms with Crippen LogP contribution in [0.15, 0.2) is 77.3 Å². The Morgan fingerprint density at radius 2 is 0.878 bits per heavy atom. The first-order valence-electron chi connectivity index (χ1n) is 25.5. The third-order valence-electron chi connectivity index (χ3n) is 12.9. The first-order valence-corrected chi connectivity index (χ1v) is 26.3. The summed E-state index contributed by atoms with van der Waals surface area (Å²) in [5.41, 5.74) is 2.17. The predicted octanol–water partition coefficient (Wildman–Crippen LogP) is 9.24. The number of hydrogen-bond donors (Lipinski definition) is 2. The number of benzene rings is 3. The van der Waals surface area contributed by atoms with Crippen molar-refractivity contribution in [3.63, 3.8) is 0 Å². The number of esters is 2. The number of anilines is 2. The lowest BCUT2D eigenvalue weighted by Gasteiger charge is -2.36. The van der Waals surface area contributed by atoms with E-state index >= 15 is 0 Å². The van der Waals surface area contributed by atoms with Crippen molar-refractivity contribution in [3.05, 3.63) is 94.0 Å². The van der Waals surface area contributed by atoms with Crippen LogP contribution in [-0.4, -0.2) is 162 Å². The molecule has 6 atom stereocenters. The fourth-order valence-corrected chi connectivity index (χ4v) is 10.0. The molecule has 0 aliphatic carbocycles. The second-order valence-electron chi connectivity index (χ2n) is 22.1. The predicted molar refractivity (Wildman–Crippen MR) is 284 cm³/mol. The second kappa shape index (κ2) is 24.1. The zero-order valence-corrected chi connectivity index (χ0v) is 46.3. The Hall–Kier alpha value is -6.08. The van der Waals surface area contributed by atoms with Crippen molar-refractivity contribution in [2.75, 3.05) is 62.3 Å². The van der Waals surface area contributed by atoms with Crippen LogP contribution < -0.4 is 15.1 Å². The highest BCUT2D eigenvalue weighted by atomic mass is 79.9. The van der Waals surface area contributed by atoms with Crippen LogP contribution >= 0.6 is 15.9 Å². The number of carboxylic acid groups (broad SMARTS) is 1. The Morgan fingerprint density at radius 3 is 1.18 bits per heavy atom. The summed E-state index contributed by atoms with van der Waals surface area (Å²) in [6, 6.07) is 23.2. The minimum absolute atomic E-state index is 0.161. The van der Waals surface area contributed by atoms with Crippen molar-refractivity contribution >= 4 is 63.5 Å². The Balaban J connectivity index is 0.000000168. The standard InChI is InChI=1S/C19H26N2O4.C17H22N2O4.C10H18N2O2.C9H9BrO2/c1-5-24-17(22)13-6-8-14(9-7-13)20-11-16-10-15(20)12-21(16)18(23)25-19(2,3)4;1-17(2,3)23-16(22)19-10-13-8-14(19)9-18(13)12-6-4-11(5-7-12)15(20)21;1-10(2,3)14-9(13)12-6-7-4-8(12)5-11-7;1-2-12-9(11)7-3-5-8(10)6-4-7/h6-9,15-16H,5,10-12H2,1-4H3;4-7,13-14H,8-10H2,1-3H3,(H,20,21);7-8,11H,4-6H2,1-3H3;3-6H,2H2,1H3. The van der Waals surface area contributed by atoms with E-state index in [4.69, 9.17) is 28.8 Å². The molecule has 6 aliphatic heterocycles. The van der Waals surface area contributed by atoms with Crippen molar-refractivity contribution in [2.24, 2.45) is 0 Å². The topological polar surface area (TPSA) is 197 Å². The van der Waals surface area contributed by atoms with Gasteiger partial charge in [-0.3, -0.25) is 0 Å². The van der Waals surface area contributed by atoms with E-state index < -0.39 is 17.2 Å². The van der Waals surface area contributed by atoms with Gasteiger partial charge in [0, 0.05) is 79.3 Å². The summed E-state index contributed by atoms with van der Waals surface area (Å²) >= 11 is 3.28. The lowest BCUT2D eigenvalue weighted by atomic mass is 10.1. The van der Waals surface area contributed by atoms with Gasteiger partial charge in [-0.2, -0.15) is 0 Å². The highest BCUT2D eigenvalue weighted by Gasteiger charge is 2.48. The lowest BCUT2D eigenvalue weighted by molar-refractivity contribution is 0.0197. The summed E-state index contributed by atoms with van der Waals surface area (Å²) in [5, 5.41) is 12.3. The fraction of sp³-hybridized carbons (Fsp3) is 0.564. The van der Waals surface area contributed by atoms with Crippen LogP contribution in [0.4, 0.5) is 25.8 Å². The van der Waals surface area contributed by atoms with Gasteiger partial charge in [0.25, 0.3) is 0 Å². The molecule has 3 amide bonds. The van der Waals surface area contributed by atoms with E-state index in [0.29, 0.717) is 55.6 Å². The molecule has 0 saturated carbocycles. The molecule has 6 saturated heterocycles. The summed E-state index contributed by atoms with van der Waals surface area (Å²) in [5.74, 6) is -1.49. The molecule has 0 spiro atoms. The van der Waals surface area contributed by atoms with Gasteiger partial charge in [0.2, 0.25) is 0 Å². The van der Waals surface area contributed by atoms with Crippen LogP contribution in [0.2, 0.25) is 0 Å². The number of carbonyl (C=O) groups is 6. The zero-order valence-electron chi connectivity index (χ0n) is 44.7. The van der Waals surface area contributed by atoms with E-state index in [1.54, 1.807) is 50.2 Å². The molecule has 404 valence electrons. The van der Waals surface area contributed by atoms with E-state index in [-0.39, 0.29) is 59.5 Å². The van der Waals surface area contributed by atoms with Gasteiger partial charge in [0.15, 0.2) is 0 Å². The Bertz CT molecular complexity index is 2440. The zero-order chi connectivity index (χ0) is 54.3. The Morgan fingerprint density at radius 1 is 0.514 bits per heavy atom. The van der Waals surface area contributed by atoms with Gasteiger partial charge in [-0.15, -0.1) is 0 Å². The van der Waals surface area contributed by atoms with Crippen LogP contribution in [0.5, 0.6) is 0 Å². The number of ether oxygens (including phenoxy) is 5. The minimum atomic E-state index is -0.921. The van der Waals surface area contributed by atoms with Crippen molar-refractivity contribution < 1.29 is 57.6 Å². The van der Waals surface area contributed by atoms with E-state index in [0.717, 1.165) is 61.3 Å². The molecule has 19 heteroatoms. The van der Waals surface area contributed by atoms with Crippen LogP contribution in [-0.2, 0) is 23.7 Å². The quantitative estimate of drug-likeness (QED) is 0.168. The molecule has 74 heavy (non-hydrogen) atoms.